The molecule has 122 valence electrons. The van der Waals surface area contributed by atoms with Crippen LogP contribution in [0.1, 0.15) is 33.3 Å². The van der Waals surface area contributed by atoms with Gasteiger partial charge >= 0.3 is 0 Å². The molecule has 2 aromatic rings. The second kappa shape index (κ2) is 6.82. The van der Waals surface area contributed by atoms with E-state index in [9.17, 15) is 9.18 Å². The first-order chi connectivity index (χ1) is 10.8. The number of halogens is 1. The number of hydrogen-bond acceptors (Lipinski definition) is 2. The molecular formula is C19H22FNO2. The summed E-state index contributed by atoms with van der Waals surface area (Å²) in [5, 5.41) is 2.53. The van der Waals surface area contributed by atoms with E-state index in [4.69, 9.17) is 4.74 Å². The molecule has 0 radical (unpaired) electrons. The van der Waals surface area contributed by atoms with Crippen LogP contribution in [-0.2, 0) is 10.2 Å². The van der Waals surface area contributed by atoms with E-state index in [-0.39, 0.29) is 11.1 Å². The summed E-state index contributed by atoms with van der Waals surface area (Å²) in [7, 11) is 0. The van der Waals surface area contributed by atoms with Crippen LogP contribution in [0, 0.1) is 5.82 Å². The van der Waals surface area contributed by atoms with Crippen molar-refractivity contribution >= 4 is 11.6 Å². The molecule has 0 aliphatic rings. The van der Waals surface area contributed by atoms with E-state index in [0.717, 1.165) is 0 Å². The molecule has 0 aliphatic carbocycles. The molecule has 0 bridgehead atoms. The smallest absolute Gasteiger partial charge is 0.265 e. The number of para-hydroxylation sites is 1. The SMILES string of the molecule is CC(Oc1ccc(C(C)(C)C)cc1)C(=O)Nc1ccccc1F. The number of amides is 1. The number of anilines is 1. The molecule has 1 amide bonds. The van der Waals surface area contributed by atoms with E-state index in [1.165, 1.54) is 17.7 Å². The molecule has 0 fully saturated rings. The number of nitrogens with one attached hydrogen (secondary N) is 1. The maximum atomic E-state index is 13.5. The molecule has 2 rings (SSSR count). The molecule has 3 nitrogen and oxygen atoms in total. The van der Waals surface area contributed by atoms with Crippen molar-refractivity contribution in [2.45, 2.75) is 39.2 Å². The van der Waals surface area contributed by atoms with Gasteiger partial charge in [0.25, 0.3) is 5.91 Å². The number of hydrogen-bond donors (Lipinski definition) is 1. The van der Waals surface area contributed by atoms with Gasteiger partial charge in [0, 0.05) is 0 Å². The summed E-state index contributed by atoms with van der Waals surface area (Å²) in [6.07, 6.45) is -0.727. The Morgan fingerprint density at radius 1 is 1.09 bits per heavy atom. The van der Waals surface area contributed by atoms with Gasteiger partial charge in [0.2, 0.25) is 0 Å². The third-order valence-electron chi connectivity index (χ3n) is 3.53. The summed E-state index contributed by atoms with van der Waals surface area (Å²) >= 11 is 0. The molecular weight excluding hydrogens is 293 g/mol. The van der Waals surface area contributed by atoms with Crippen molar-refractivity contribution in [1.29, 1.82) is 0 Å². The lowest BCUT2D eigenvalue weighted by Gasteiger charge is -2.20. The zero-order chi connectivity index (χ0) is 17.0. The second-order valence-electron chi connectivity index (χ2n) is 6.50. The summed E-state index contributed by atoms with van der Waals surface area (Å²) < 4.78 is 19.2. The molecule has 0 saturated carbocycles. The monoisotopic (exact) mass is 315 g/mol. The maximum Gasteiger partial charge on any atom is 0.265 e. The van der Waals surface area contributed by atoms with Crippen LogP contribution >= 0.6 is 0 Å². The van der Waals surface area contributed by atoms with Crippen molar-refractivity contribution in [3.8, 4) is 5.75 Å². The fraction of sp³-hybridized carbons (Fsp3) is 0.316. The van der Waals surface area contributed by atoms with Gasteiger partial charge in [0.1, 0.15) is 11.6 Å². The van der Waals surface area contributed by atoms with Gasteiger partial charge in [0.15, 0.2) is 6.10 Å². The average Bonchev–Trinajstić information content (AvgIpc) is 2.49. The van der Waals surface area contributed by atoms with Crippen LogP contribution < -0.4 is 10.1 Å². The lowest BCUT2D eigenvalue weighted by atomic mass is 9.87. The van der Waals surface area contributed by atoms with E-state index in [1.807, 2.05) is 24.3 Å². The largest absolute Gasteiger partial charge is 0.481 e. The first-order valence-electron chi connectivity index (χ1n) is 7.60. The Balaban J connectivity index is 2.00. The Morgan fingerprint density at radius 2 is 1.70 bits per heavy atom. The van der Waals surface area contributed by atoms with Crippen molar-refractivity contribution in [3.63, 3.8) is 0 Å². The van der Waals surface area contributed by atoms with Gasteiger partial charge in [-0.25, -0.2) is 4.39 Å². The van der Waals surface area contributed by atoms with Gasteiger partial charge in [0.05, 0.1) is 5.69 Å². The summed E-state index contributed by atoms with van der Waals surface area (Å²) in [6.45, 7) is 8.03. The van der Waals surface area contributed by atoms with Gasteiger partial charge in [-0.1, -0.05) is 45.0 Å². The zero-order valence-corrected chi connectivity index (χ0v) is 13.9. The van der Waals surface area contributed by atoms with Gasteiger partial charge in [-0.15, -0.1) is 0 Å². The highest BCUT2D eigenvalue weighted by Crippen LogP contribution is 2.24. The third kappa shape index (κ3) is 4.55. The van der Waals surface area contributed by atoms with Gasteiger partial charge < -0.3 is 10.1 Å². The highest BCUT2D eigenvalue weighted by Gasteiger charge is 2.17. The summed E-state index contributed by atoms with van der Waals surface area (Å²) in [6, 6.07) is 13.7. The molecule has 0 heterocycles. The van der Waals surface area contributed by atoms with Gasteiger partial charge in [-0.3, -0.25) is 4.79 Å². The van der Waals surface area contributed by atoms with Crippen molar-refractivity contribution in [3.05, 3.63) is 59.9 Å². The number of rotatable bonds is 4. The van der Waals surface area contributed by atoms with Crippen LogP contribution in [0.15, 0.2) is 48.5 Å². The van der Waals surface area contributed by atoms with Crippen molar-refractivity contribution in [1.82, 2.24) is 0 Å². The van der Waals surface area contributed by atoms with Crippen LogP contribution in [0.3, 0.4) is 0 Å². The third-order valence-corrected chi connectivity index (χ3v) is 3.53. The Kier molecular flexibility index (Phi) is 5.04. The molecule has 23 heavy (non-hydrogen) atoms. The minimum Gasteiger partial charge on any atom is -0.481 e. The van der Waals surface area contributed by atoms with Crippen molar-refractivity contribution in [2.24, 2.45) is 0 Å². The first-order valence-corrected chi connectivity index (χ1v) is 7.60. The summed E-state index contributed by atoms with van der Waals surface area (Å²) in [4.78, 5) is 12.1. The van der Waals surface area contributed by atoms with Crippen LogP contribution in [0.5, 0.6) is 5.75 Å². The molecule has 0 spiro atoms. The standard InChI is InChI=1S/C19H22FNO2/c1-13(18(22)21-17-8-6-5-7-16(17)20)23-15-11-9-14(10-12-15)19(2,3)4/h5-13H,1-4H3,(H,21,22). The minimum absolute atomic E-state index is 0.0619. The molecule has 4 heteroatoms. The first kappa shape index (κ1) is 17.0. The maximum absolute atomic E-state index is 13.5. The summed E-state index contributed by atoms with van der Waals surface area (Å²) in [5.74, 6) is -0.258. The predicted octanol–water partition coefficient (Wildman–Crippen LogP) is 4.53. The van der Waals surface area contributed by atoms with Gasteiger partial charge in [-0.2, -0.15) is 0 Å². The van der Waals surface area contributed by atoms with Crippen LogP contribution in [0.25, 0.3) is 0 Å². The number of carbonyl (C=O) groups excluding carboxylic acids is 1. The normalized spacial score (nSPS) is 12.6. The van der Waals surface area contributed by atoms with E-state index < -0.39 is 17.8 Å². The zero-order valence-electron chi connectivity index (χ0n) is 13.9. The molecule has 1 atom stereocenters. The predicted molar refractivity (Wildman–Crippen MR) is 90.3 cm³/mol. The van der Waals surface area contributed by atoms with E-state index in [1.54, 1.807) is 19.1 Å². The Morgan fingerprint density at radius 3 is 2.26 bits per heavy atom. The van der Waals surface area contributed by atoms with E-state index >= 15 is 0 Å². The van der Waals surface area contributed by atoms with Crippen LogP contribution in [-0.4, -0.2) is 12.0 Å². The Hall–Kier alpha value is -2.36. The quantitative estimate of drug-likeness (QED) is 0.900. The number of carbonyl (C=O) groups is 1. The number of benzene rings is 2. The highest BCUT2D eigenvalue weighted by atomic mass is 19.1. The molecule has 1 N–H and O–H groups in total. The fourth-order valence-corrected chi connectivity index (χ4v) is 2.09. The minimum atomic E-state index is -0.727. The molecule has 0 saturated heterocycles. The van der Waals surface area contributed by atoms with E-state index in [0.29, 0.717) is 5.75 Å². The lowest BCUT2D eigenvalue weighted by molar-refractivity contribution is -0.122. The Bertz CT molecular complexity index is 675. The van der Waals surface area contributed by atoms with Crippen LogP contribution in [0.4, 0.5) is 10.1 Å². The highest BCUT2D eigenvalue weighted by molar-refractivity contribution is 5.94. The second-order valence-corrected chi connectivity index (χ2v) is 6.50. The lowest BCUT2D eigenvalue weighted by Crippen LogP contribution is -2.30. The Labute approximate surface area is 136 Å². The van der Waals surface area contributed by atoms with Crippen molar-refractivity contribution in [2.75, 3.05) is 5.32 Å². The average molecular weight is 315 g/mol. The number of ether oxygens (including phenoxy) is 1. The molecule has 0 aliphatic heterocycles. The molecule has 2 aromatic carbocycles. The summed E-state index contributed by atoms with van der Waals surface area (Å²) in [5.41, 5.74) is 1.40. The van der Waals surface area contributed by atoms with Crippen LogP contribution in [0.2, 0.25) is 0 Å². The molecule has 1 unspecified atom stereocenters. The molecule has 0 aromatic heterocycles. The van der Waals surface area contributed by atoms with E-state index in [2.05, 4.69) is 26.1 Å². The topological polar surface area (TPSA) is 38.3 Å². The van der Waals surface area contributed by atoms with Gasteiger partial charge in [-0.05, 0) is 42.2 Å². The fourth-order valence-electron chi connectivity index (χ4n) is 2.09. The van der Waals surface area contributed by atoms with Crippen molar-refractivity contribution < 1.29 is 13.9 Å².